The minimum Gasteiger partial charge on any atom is -0.322 e. The number of carbonyl (C=O) groups excluding carboxylic acids is 2. The van der Waals surface area contributed by atoms with Crippen LogP contribution >= 0.6 is 58.0 Å². The molecule has 1 atom stereocenters. The second-order valence-corrected chi connectivity index (χ2v) is 17.6. The second-order valence-electron chi connectivity index (χ2n) is 13.8. The smallest absolute Gasteiger partial charge is 0.257 e. The predicted molar refractivity (Wildman–Crippen MR) is 211 cm³/mol. The number of sulfonamides is 1. The number of anilines is 2. The third-order valence-electron chi connectivity index (χ3n) is 8.56. The molecule has 0 saturated heterocycles. The molecule has 0 fully saturated rings. The molecule has 1 unspecified atom stereocenters. The summed E-state index contributed by atoms with van der Waals surface area (Å²) in [7, 11) is -3.66. The van der Waals surface area contributed by atoms with Crippen molar-refractivity contribution in [1.82, 2.24) is 9.78 Å². The van der Waals surface area contributed by atoms with Gasteiger partial charge in [0.15, 0.2) is 11.8 Å². The number of carbonyl (C=O) groups is 2. The van der Waals surface area contributed by atoms with E-state index in [1.54, 1.807) is 20.8 Å². The number of ketones is 1. The lowest BCUT2D eigenvalue weighted by molar-refractivity contribution is -0.135. The number of hydrogen-bond acceptors (Lipinski definition) is 5. The first kappa shape index (κ1) is 42.7. The molecule has 2 aromatic carbocycles. The van der Waals surface area contributed by atoms with Crippen LogP contribution in [0.15, 0.2) is 24.4 Å². The summed E-state index contributed by atoms with van der Waals surface area (Å²) in [6.07, 6.45) is 17.8. The number of amides is 1. The number of benzene rings is 2. The number of Topliss-reactive ketones (excluding diaryl/α,β-unsaturated/α-hetero) is 1. The van der Waals surface area contributed by atoms with E-state index in [1.807, 2.05) is 0 Å². The molecule has 278 valence electrons. The molecule has 2 N–H and O–H groups in total. The van der Waals surface area contributed by atoms with Crippen LogP contribution in [-0.4, -0.2) is 35.6 Å². The van der Waals surface area contributed by atoms with Crippen molar-refractivity contribution in [2.24, 2.45) is 5.41 Å². The summed E-state index contributed by atoms with van der Waals surface area (Å²) in [5.74, 6) is -1.29. The van der Waals surface area contributed by atoms with Crippen LogP contribution in [0.5, 0.6) is 0 Å². The van der Waals surface area contributed by atoms with Crippen molar-refractivity contribution in [2.45, 2.75) is 124 Å². The summed E-state index contributed by atoms with van der Waals surface area (Å²) in [5, 5.41) is 7.42. The topological polar surface area (TPSA) is 110 Å². The Morgan fingerprint density at radius 3 is 1.84 bits per heavy atom. The van der Waals surface area contributed by atoms with E-state index in [0.29, 0.717) is 11.8 Å². The highest BCUT2D eigenvalue weighted by atomic mass is 35.5. The molecule has 14 heteroatoms. The molecule has 1 amide bonds. The van der Waals surface area contributed by atoms with Crippen LogP contribution < -0.4 is 10.0 Å². The highest BCUT2D eigenvalue weighted by molar-refractivity contribution is 7.92. The van der Waals surface area contributed by atoms with Crippen molar-refractivity contribution in [3.05, 3.63) is 49.5 Å². The molecule has 0 spiro atoms. The van der Waals surface area contributed by atoms with Crippen LogP contribution in [-0.2, 0) is 19.6 Å². The summed E-state index contributed by atoms with van der Waals surface area (Å²) in [6.45, 7) is 7.24. The van der Waals surface area contributed by atoms with Crippen LogP contribution in [0.3, 0.4) is 0 Å². The molecule has 1 aromatic heterocycles. The van der Waals surface area contributed by atoms with Crippen LogP contribution in [0.25, 0.3) is 10.9 Å². The van der Waals surface area contributed by atoms with Crippen LogP contribution in [0, 0.1) is 5.41 Å². The SMILES string of the molecule is CCCCCCCCCCCCCCCCS(=O)(=O)Nc1ccc(Cl)c(NC(=O)C(C(=O)C(C)(C)C)n2ncc3c(Cl)c(Cl)c(Cl)c(Cl)c32)c1. The Labute approximate surface area is 322 Å². The van der Waals surface area contributed by atoms with E-state index >= 15 is 0 Å². The van der Waals surface area contributed by atoms with Gasteiger partial charge in [-0.05, 0) is 24.6 Å². The predicted octanol–water partition coefficient (Wildman–Crippen LogP) is 12.3. The van der Waals surface area contributed by atoms with Crippen molar-refractivity contribution < 1.29 is 18.0 Å². The molecule has 0 aliphatic rings. The fourth-order valence-corrected chi connectivity index (χ4v) is 8.04. The van der Waals surface area contributed by atoms with Gasteiger partial charge in [0.1, 0.15) is 0 Å². The Bertz CT molecular complexity index is 1720. The van der Waals surface area contributed by atoms with E-state index in [0.717, 1.165) is 23.9 Å². The van der Waals surface area contributed by atoms with E-state index in [1.165, 1.54) is 88.6 Å². The average Bonchev–Trinajstić information content (AvgIpc) is 3.48. The maximum atomic E-state index is 13.9. The zero-order chi connectivity index (χ0) is 37.1. The van der Waals surface area contributed by atoms with Gasteiger partial charge in [0.25, 0.3) is 5.91 Å². The zero-order valence-corrected chi connectivity index (χ0v) is 33.9. The lowest BCUT2D eigenvalue weighted by Crippen LogP contribution is -2.39. The fourth-order valence-electron chi connectivity index (χ4n) is 5.71. The van der Waals surface area contributed by atoms with E-state index < -0.39 is 33.2 Å². The minimum absolute atomic E-state index is 0.0175. The molecular formula is C36H49Cl5N4O4S. The molecule has 50 heavy (non-hydrogen) atoms. The standard InChI is InChI=1S/C36H49Cl5N4O4S/c1-5-6-7-8-9-10-11-12-13-14-15-16-17-18-21-50(48,49)44-24-19-20-26(37)27(22-24)43-35(47)33(34(46)36(2,3)4)45-32-25(23-42-45)28(38)29(39)30(40)31(32)41/h19-20,22-23,33,44H,5-18,21H2,1-4H3,(H,43,47). The van der Waals surface area contributed by atoms with Gasteiger partial charge in [0.05, 0.1) is 54.0 Å². The van der Waals surface area contributed by atoms with Gasteiger partial charge in [-0.15, -0.1) is 0 Å². The van der Waals surface area contributed by atoms with Crippen molar-refractivity contribution in [3.63, 3.8) is 0 Å². The Morgan fingerprint density at radius 2 is 1.30 bits per heavy atom. The minimum atomic E-state index is -3.66. The third kappa shape index (κ3) is 12.2. The molecule has 0 radical (unpaired) electrons. The average molecular weight is 811 g/mol. The lowest BCUT2D eigenvalue weighted by Gasteiger charge is -2.25. The van der Waals surface area contributed by atoms with Crippen molar-refractivity contribution >= 4 is 102 Å². The van der Waals surface area contributed by atoms with Gasteiger partial charge in [-0.1, -0.05) is 169 Å². The maximum absolute atomic E-state index is 13.9. The molecule has 1 heterocycles. The number of nitrogens with zero attached hydrogens (tertiary/aromatic N) is 2. The number of fused-ring (bicyclic) bond motifs is 1. The van der Waals surface area contributed by atoms with Gasteiger partial charge in [0.2, 0.25) is 10.0 Å². The summed E-state index contributed by atoms with van der Waals surface area (Å²) in [5.41, 5.74) is -0.516. The fraction of sp³-hybridized carbons (Fsp3) is 0.583. The highest BCUT2D eigenvalue weighted by Gasteiger charge is 2.39. The van der Waals surface area contributed by atoms with E-state index in [4.69, 9.17) is 58.0 Å². The molecule has 0 aliphatic carbocycles. The Hall–Kier alpha value is -1.75. The van der Waals surface area contributed by atoms with Crippen LogP contribution in [0.1, 0.15) is 124 Å². The van der Waals surface area contributed by atoms with Gasteiger partial charge in [-0.2, -0.15) is 5.10 Å². The summed E-state index contributed by atoms with van der Waals surface area (Å²) < 4.78 is 29.5. The van der Waals surface area contributed by atoms with Gasteiger partial charge in [0, 0.05) is 10.8 Å². The summed E-state index contributed by atoms with van der Waals surface area (Å²) >= 11 is 31.9. The van der Waals surface area contributed by atoms with E-state index in [2.05, 4.69) is 22.1 Å². The molecule has 8 nitrogen and oxygen atoms in total. The van der Waals surface area contributed by atoms with Gasteiger partial charge >= 0.3 is 0 Å². The first-order chi connectivity index (χ1) is 23.6. The largest absolute Gasteiger partial charge is 0.322 e. The monoisotopic (exact) mass is 808 g/mol. The zero-order valence-electron chi connectivity index (χ0n) is 29.3. The quantitative estimate of drug-likeness (QED) is 0.0482. The second kappa shape index (κ2) is 19.9. The van der Waals surface area contributed by atoms with E-state index in [9.17, 15) is 18.0 Å². The Balaban J connectivity index is 1.60. The molecule has 3 rings (SSSR count). The maximum Gasteiger partial charge on any atom is 0.257 e. The number of unbranched alkanes of at least 4 members (excludes halogenated alkanes) is 13. The van der Waals surface area contributed by atoms with Crippen molar-refractivity contribution in [2.75, 3.05) is 15.8 Å². The first-order valence-electron chi connectivity index (χ1n) is 17.4. The molecular weight excluding hydrogens is 762 g/mol. The van der Waals surface area contributed by atoms with E-state index in [-0.39, 0.29) is 47.8 Å². The molecule has 0 bridgehead atoms. The van der Waals surface area contributed by atoms with Crippen LogP contribution in [0.4, 0.5) is 11.4 Å². The number of nitrogens with one attached hydrogen (secondary N) is 2. The molecule has 3 aromatic rings. The number of rotatable bonds is 21. The van der Waals surface area contributed by atoms with Crippen molar-refractivity contribution in [3.8, 4) is 0 Å². The number of halogens is 5. The third-order valence-corrected chi connectivity index (χ3v) is 12.1. The lowest BCUT2D eigenvalue weighted by atomic mass is 9.86. The number of aromatic nitrogens is 2. The van der Waals surface area contributed by atoms with Crippen molar-refractivity contribution in [1.29, 1.82) is 0 Å². The molecule has 0 aliphatic heterocycles. The van der Waals surface area contributed by atoms with Gasteiger partial charge in [-0.25, -0.2) is 13.1 Å². The molecule has 0 saturated carbocycles. The number of hydrogen-bond donors (Lipinski definition) is 2. The summed E-state index contributed by atoms with van der Waals surface area (Å²) in [4.78, 5) is 27.6. The van der Waals surface area contributed by atoms with Gasteiger partial charge in [-0.3, -0.25) is 14.3 Å². The van der Waals surface area contributed by atoms with Crippen LogP contribution in [0.2, 0.25) is 25.1 Å². The summed E-state index contributed by atoms with van der Waals surface area (Å²) in [6, 6.07) is 2.86. The Morgan fingerprint density at radius 1 is 0.780 bits per heavy atom. The first-order valence-corrected chi connectivity index (χ1v) is 21.0. The van der Waals surface area contributed by atoms with Gasteiger partial charge < -0.3 is 5.32 Å². The highest BCUT2D eigenvalue weighted by Crippen LogP contribution is 2.44. The Kier molecular flexibility index (Phi) is 17.0. The normalized spacial score (nSPS) is 12.7.